The van der Waals surface area contributed by atoms with Crippen LogP contribution in [-0.4, -0.2) is 49.0 Å². The molecule has 1 atom stereocenters. The zero-order valence-electron chi connectivity index (χ0n) is 15.1. The van der Waals surface area contributed by atoms with Crippen LogP contribution in [0.3, 0.4) is 0 Å². The number of fused-ring (bicyclic) bond motifs is 1. The number of aliphatic imine (C=N–C) groups is 1. The highest BCUT2D eigenvalue weighted by Crippen LogP contribution is 2.43. The van der Waals surface area contributed by atoms with Crippen molar-refractivity contribution in [2.24, 2.45) is 4.99 Å². The quantitative estimate of drug-likeness (QED) is 0.752. The first-order chi connectivity index (χ1) is 12.5. The molecule has 0 radical (unpaired) electrons. The first kappa shape index (κ1) is 18.3. The summed E-state index contributed by atoms with van der Waals surface area (Å²) in [6.07, 6.45) is 0.381. The van der Waals surface area contributed by atoms with Gasteiger partial charge in [0.05, 0.1) is 32.6 Å². The number of rotatable bonds is 4. The van der Waals surface area contributed by atoms with Crippen LogP contribution in [0, 0.1) is 0 Å². The van der Waals surface area contributed by atoms with E-state index in [1.807, 2.05) is 0 Å². The van der Waals surface area contributed by atoms with Crippen molar-refractivity contribution in [1.82, 2.24) is 4.90 Å². The number of amidine groups is 1. The molecule has 26 heavy (non-hydrogen) atoms. The first-order valence-electron chi connectivity index (χ1n) is 8.06. The van der Waals surface area contributed by atoms with Crippen molar-refractivity contribution >= 4 is 28.8 Å². The van der Waals surface area contributed by atoms with Gasteiger partial charge in [-0.2, -0.15) is 0 Å². The highest BCUT2D eigenvalue weighted by atomic mass is 32.2. The van der Waals surface area contributed by atoms with Gasteiger partial charge in [-0.3, -0.25) is 9.69 Å². The van der Waals surface area contributed by atoms with Gasteiger partial charge in [-0.05, 0) is 19.1 Å². The summed E-state index contributed by atoms with van der Waals surface area (Å²) in [5.41, 5.74) is 1.54. The van der Waals surface area contributed by atoms with Crippen LogP contribution in [0.5, 0.6) is 11.5 Å². The second kappa shape index (κ2) is 7.41. The third kappa shape index (κ3) is 3.05. The van der Waals surface area contributed by atoms with Gasteiger partial charge >= 0.3 is 5.97 Å². The average Bonchev–Trinajstić information content (AvgIpc) is 2.66. The SMILES string of the molecule is COC(=O)C1=C(C)N=C2SCCC(=O)N2C1c1ccc(OC)cc1OC. The van der Waals surface area contributed by atoms with Crippen molar-refractivity contribution in [3.05, 3.63) is 35.0 Å². The van der Waals surface area contributed by atoms with E-state index >= 15 is 0 Å². The number of carbonyl (C=O) groups excluding carboxylic acids is 2. The lowest BCUT2D eigenvalue weighted by molar-refractivity contribution is -0.137. The van der Waals surface area contributed by atoms with Gasteiger partial charge in [0, 0.05) is 23.8 Å². The standard InChI is InChI=1S/C18H20N2O5S/c1-10-15(17(22)25-4)16(20-14(21)7-8-26-18(20)19-10)12-6-5-11(23-2)9-13(12)24-3/h5-6,9,16H,7-8H2,1-4H3. The maximum atomic E-state index is 12.7. The number of hydrogen-bond acceptors (Lipinski definition) is 7. The van der Waals surface area contributed by atoms with Gasteiger partial charge in [0.2, 0.25) is 5.91 Å². The largest absolute Gasteiger partial charge is 0.497 e. The maximum absolute atomic E-state index is 12.7. The fourth-order valence-electron chi connectivity index (χ4n) is 3.11. The molecule has 0 N–H and O–H groups in total. The number of allylic oxidation sites excluding steroid dienone is 1. The minimum Gasteiger partial charge on any atom is -0.497 e. The van der Waals surface area contributed by atoms with Crippen LogP contribution in [0.15, 0.2) is 34.5 Å². The van der Waals surface area contributed by atoms with Crippen molar-refractivity contribution in [3.8, 4) is 11.5 Å². The zero-order chi connectivity index (χ0) is 18.8. The lowest BCUT2D eigenvalue weighted by atomic mass is 9.93. The van der Waals surface area contributed by atoms with E-state index in [-0.39, 0.29) is 5.91 Å². The molecule has 0 aromatic heterocycles. The molecule has 1 fully saturated rings. The molecule has 1 saturated heterocycles. The van der Waals surface area contributed by atoms with E-state index in [2.05, 4.69) is 4.99 Å². The van der Waals surface area contributed by atoms with Crippen molar-refractivity contribution in [1.29, 1.82) is 0 Å². The Bertz CT molecular complexity index is 818. The summed E-state index contributed by atoms with van der Waals surface area (Å²) in [5, 5.41) is 0.592. The molecule has 1 aromatic rings. The summed E-state index contributed by atoms with van der Waals surface area (Å²) >= 11 is 1.50. The summed E-state index contributed by atoms with van der Waals surface area (Å²) in [6, 6.07) is 4.64. The fraction of sp³-hybridized carbons (Fsp3) is 0.389. The highest BCUT2D eigenvalue weighted by molar-refractivity contribution is 8.14. The van der Waals surface area contributed by atoms with Crippen molar-refractivity contribution in [2.45, 2.75) is 19.4 Å². The van der Waals surface area contributed by atoms with Crippen LogP contribution in [0.1, 0.15) is 24.9 Å². The van der Waals surface area contributed by atoms with E-state index in [0.29, 0.717) is 45.7 Å². The molecule has 0 saturated carbocycles. The molecule has 1 unspecified atom stereocenters. The molecule has 8 heteroatoms. The number of thioether (sulfide) groups is 1. The molecular formula is C18H20N2O5S. The number of ether oxygens (including phenoxy) is 3. The Hall–Kier alpha value is -2.48. The number of amides is 1. The molecule has 138 valence electrons. The number of nitrogens with zero attached hydrogens (tertiary/aromatic N) is 2. The van der Waals surface area contributed by atoms with Gasteiger partial charge in [-0.15, -0.1) is 0 Å². The lowest BCUT2D eigenvalue weighted by Gasteiger charge is -2.39. The van der Waals surface area contributed by atoms with Crippen LogP contribution in [0.4, 0.5) is 0 Å². The maximum Gasteiger partial charge on any atom is 0.338 e. The topological polar surface area (TPSA) is 77.4 Å². The Morgan fingerprint density at radius 1 is 1.27 bits per heavy atom. The Kier molecular flexibility index (Phi) is 5.22. The summed E-state index contributed by atoms with van der Waals surface area (Å²) in [6.45, 7) is 1.75. The molecule has 7 nitrogen and oxygen atoms in total. The molecule has 3 rings (SSSR count). The Balaban J connectivity index is 2.22. The van der Waals surface area contributed by atoms with E-state index in [9.17, 15) is 9.59 Å². The molecule has 0 spiro atoms. The van der Waals surface area contributed by atoms with Crippen molar-refractivity contribution in [2.75, 3.05) is 27.1 Å². The average molecular weight is 376 g/mol. The molecule has 1 aromatic carbocycles. The van der Waals surface area contributed by atoms with Gasteiger partial charge in [0.15, 0.2) is 5.17 Å². The normalized spacial score (nSPS) is 19.7. The number of esters is 1. The molecule has 0 aliphatic carbocycles. The molecule has 0 bridgehead atoms. The van der Waals surface area contributed by atoms with Crippen LogP contribution in [-0.2, 0) is 14.3 Å². The summed E-state index contributed by atoms with van der Waals surface area (Å²) in [4.78, 5) is 31.2. The third-order valence-corrected chi connectivity index (χ3v) is 5.30. The van der Waals surface area contributed by atoms with Gasteiger partial charge in [0.1, 0.15) is 17.5 Å². The second-order valence-electron chi connectivity index (χ2n) is 5.76. The highest BCUT2D eigenvalue weighted by Gasteiger charge is 2.42. The van der Waals surface area contributed by atoms with Gasteiger partial charge in [0.25, 0.3) is 0 Å². The molecular weight excluding hydrogens is 356 g/mol. The summed E-state index contributed by atoms with van der Waals surface area (Å²) in [7, 11) is 4.42. The molecule has 2 aliphatic heterocycles. The lowest BCUT2D eigenvalue weighted by Crippen LogP contribution is -2.45. The minimum atomic E-state index is -0.656. The van der Waals surface area contributed by atoms with Crippen LogP contribution >= 0.6 is 11.8 Å². The Labute approximate surface area is 156 Å². The summed E-state index contributed by atoms with van der Waals surface area (Å²) < 4.78 is 15.7. The van der Waals surface area contributed by atoms with E-state index in [1.165, 1.54) is 26.0 Å². The van der Waals surface area contributed by atoms with Crippen LogP contribution in [0.2, 0.25) is 0 Å². The van der Waals surface area contributed by atoms with Gasteiger partial charge in [-0.25, -0.2) is 9.79 Å². The molecule has 2 heterocycles. The molecule has 2 aliphatic rings. The van der Waals surface area contributed by atoms with Gasteiger partial charge in [-0.1, -0.05) is 11.8 Å². The number of carbonyl (C=O) groups is 2. The van der Waals surface area contributed by atoms with E-state index in [1.54, 1.807) is 37.1 Å². The van der Waals surface area contributed by atoms with Crippen molar-refractivity contribution < 1.29 is 23.8 Å². The molecule has 1 amide bonds. The fourth-order valence-corrected chi connectivity index (χ4v) is 4.11. The first-order valence-corrected chi connectivity index (χ1v) is 9.05. The Morgan fingerprint density at radius 2 is 2.04 bits per heavy atom. The van der Waals surface area contributed by atoms with E-state index < -0.39 is 12.0 Å². The van der Waals surface area contributed by atoms with Crippen molar-refractivity contribution in [3.63, 3.8) is 0 Å². The van der Waals surface area contributed by atoms with Crippen LogP contribution in [0.25, 0.3) is 0 Å². The number of hydrogen-bond donors (Lipinski definition) is 0. The predicted octanol–water partition coefficient (Wildman–Crippen LogP) is 2.53. The van der Waals surface area contributed by atoms with Gasteiger partial charge < -0.3 is 14.2 Å². The number of benzene rings is 1. The predicted molar refractivity (Wildman–Crippen MR) is 98.4 cm³/mol. The summed E-state index contributed by atoms with van der Waals surface area (Å²) in [5.74, 6) is 1.21. The van der Waals surface area contributed by atoms with Crippen LogP contribution < -0.4 is 9.47 Å². The third-order valence-electron chi connectivity index (χ3n) is 4.35. The van der Waals surface area contributed by atoms with E-state index in [4.69, 9.17) is 14.2 Å². The number of methoxy groups -OCH3 is 3. The second-order valence-corrected chi connectivity index (χ2v) is 6.82. The smallest absolute Gasteiger partial charge is 0.338 e. The monoisotopic (exact) mass is 376 g/mol. The minimum absolute atomic E-state index is 0.0840. The Morgan fingerprint density at radius 3 is 2.69 bits per heavy atom. The van der Waals surface area contributed by atoms with E-state index in [0.717, 1.165) is 0 Å². The zero-order valence-corrected chi connectivity index (χ0v) is 15.9.